The number of H-pyrrole nitrogens is 2. The predicted molar refractivity (Wildman–Crippen MR) is 89.0 cm³/mol. The van der Waals surface area contributed by atoms with Gasteiger partial charge in [0, 0.05) is 18.5 Å². The number of ether oxygens (including phenoxy) is 1. The Hall–Kier alpha value is -2.90. The average Bonchev–Trinajstić information content (AvgIpc) is 2.97. The number of nitrogens with zero attached hydrogens (tertiary/aromatic N) is 3. The molecule has 124 valence electrons. The lowest BCUT2D eigenvalue weighted by atomic mass is 9.93. The molecular formula is C16H18N6O2. The fourth-order valence-corrected chi connectivity index (χ4v) is 3.16. The molecule has 2 aromatic heterocycles. The number of fused-ring (bicyclic) bond motifs is 1. The zero-order valence-electron chi connectivity index (χ0n) is 13.0. The van der Waals surface area contributed by atoms with E-state index in [1.807, 2.05) is 12.1 Å². The van der Waals surface area contributed by atoms with Gasteiger partial charge in [-0.15, -0.1) is 5.10 Å². The van der Waals surface area contributed by atoms with Gasteiger partial charge >= 0.3 is 0 Å². The van der Waals surface area contributed by atoms with E-state index in [2.05, 4.69) is 30.7 Å². The summed E-state index contributed by atoms with van der Waals surface area (Å²) in [7, 11) is 0. The molecule has 24 heavy (non-hydrogen) atoms. The van der Waals surface area contributed by atoms with Crippen LogP contribution >= 0.6 is 0 Å². The van der Waals surface area contributed by atoms with E-state index in [-0.39, 0.29) is 17.7 Å². The molecule has 1 fully saturated rings. The summed E-state index contributed by atoms with van der Waals surface area (Å²) in [6.45, 7) is 0. The third-order valence-electron chi connectivity index (χ3n) is 4.29. The van der Waals surface area contributed by atoms with Crippen molar-refractivity contribution in [2.24, 2.45) is 0 Å². The first-order valence-electron chi connectivity index (χ1n) is 8.05. The van der Waals surface area contributed by atoms with Crippen molar-refractivity contribution in [1.29, 1.82) is 0 Å². The molecule has 2 atom stereocenters. The SMILES string of the molecule is O=c1[nH][nH]c2cc(OC3CCCC(Nc4nccnn4)C3)ccc12. The van der Waals surface area contributed by atoms with Crippen LogP contribution in [-0.2, 0) is 0 Å². The van der Waals surface area contributed by atoms with E-state index in [0.717, 1.165) is 36.9 Å². The number of aromatic amines is 2. The standard InChI is InChI=1S/C16H18N6O2/c23-15-13-5-4-12(9-14(13)20-21-15)24-11-3-1-2-10(8-11)19-16-17-6-7-18-22-16/h4-7,9-11H,1-3,8H2,(H,17,19,22)(H2,20,21,23). The van der Waals surface area contributed by atoms with Gasteiger partial charge in [0.15, 0.2) is 0 Å². The number of nitrogens with one attached hydrogen (secondary N) is 3. The van der Waals surface area contributed by atoms with Crippen molar-refractivity contribution in [3.05, 3.63) is 40.9 Å². The largest absolute Gasteiger partial charge is 0.490 e. The normalized spacial score (nSPS) is 20.8. The molecular weight excluding hydrogens is 308 g/mol. The average molecular weight is 326 g/mol. The van der Waals surface area contributed by atoms with E-state index in [1.165, 1.54) is 0 Å². The van der Waals surface area contributed by atoms with Gasteiger partial charge in [-0.1, -0.05) is 0 Å². The van der Waals surface area contributed by atoms with Crippen LogP contribution < -0.4 is 15.6 Å². The van der Waals surface area contributed by atoms with E-state index in [9.17, 15) is 4.79 Å². The molecule has 0 radical (unpaired) electrons. The first kappa shape index (κ1) is 14.7. The highest BCUT2D eigenvalue weighted by molar-refractivity contribution is 5.79. The Morgan fingerprint density at radius 2 is 2.17 bits per heavy atom. The van der Waals surface area contributed by atoms with Crippen LogP contribution in [0.15, 0.2) is 35.4 Å². The smallest absolute Gasteiger partial charge is 0.271 e. The Morgan fingerprint density at radius 3 is 3.04 bits per heavy atom. The van der Waals surface area contributed by atoms with Gasteiger partial charge in [0.2, 0.25) is 5.95 Å². The van der Waals surface area contributed by atoms with Gasteiger partial charge in [-0.3, -0.25) is 15.0 Å². The number of hydrogen-bond donors (Lipinski definition) is 3. The summed E-state index contributed by atoms with van der Waals surface area (Å²) in [5, 5.41) is 17.2. The Kier molecular flexibility index (Phi) is 3.86. The van der Waals surface area contributed by atoms with Crippen LogP contribution in [0.2, 0.25) is 0 Å². The second-order valence-electron chi connectivity index (χ2n) is 6.00. The van der Waals surface area contributed by atoms with Crippen LogP contribution in [0.5, 0.6) is 5.75 Å². The molecule has 1 aromatic carbocycles. The van der Waals surface area contributed by atoms with Crippen LogP contribution in [0, 0.1) is 0 Å². The van der Waals surface area contributed by atoms with Crippen molar-refractivity contribution in [1.82, 2.24) is 25.4 Å². The predicted octanol–water partition coefficient (Wildman–Crippen LogP) is 1.84. The maximum absolute atomic E-state index is 11.5. The zero-order valence-corrected chi connectivity index (χ0v) is 13.0. The van der Waals surface area contributed by atoms with E-state index in [4.69, 9.17) is 4.74 Å². The van der Waals surface area contributed by atoms with Gasteiger partial charge in [0.1, 0.15) is 11.9 Å². The lowest BCUT2D eigenvalue weighted by Crippen LogP contribution is -2.33. The van der Waals surface area contributed by atoms with E-state index in [1.54, 1.807) is 18.5 Å². The molecule has 8 nitrogen and oxygen atoms in total. The molecule has 3 aromatic rings. The molecule has 1 aliphatic carbocycles. The fraction of sp³-hybridized carbons (Fsp3) is 0.375. The first-order chi connectivity index (χ1) is 11.8. The van der Waals surface area contributed by atoms with Crippen LogP contribution in [0.4, 0.5) is 5.95 Å². The lowest BCUT2D eigenvalue weighted by molar-refractivity contribution is 0.148. The van der Waals surface area contributed by atoms with Crippen LogP contribution in [0.25, 0.3) is 10.9 Å². The number of aromatic nitrogens is 5. The van der Waals surface area contributed by atoms with Crippen molar-refractivity contribution < 1.29 is 4.74 Å². The van der Waals surface area contributed by atoms with E-state index < -0.39 is 0 Å². The highest BCUT2D eigenvalue weighted by atomic mass is 16.5. The molecule has 1 saturated carbocycles. The van der Waals surface area contributed by atoms with Gasteiger partial charge < -0.3 is 10.1 Å². The minimum absolute atomic E-state index is 0.116. The van der Waals surface area contributed by atoms with Gasteiger partial charge in [-0.25, -0.2) is 4.98 Å². The Bertz CT molecular complexity index is 875. The lowest BCUT2D eigenvalue weighted by Gasteiger charge is -2.30. The van der Waals surface area contributed by atoms with Crippen molar-refractivity contribution in [2.75, 3.05) is 5.32 Å². The summed E-state index contributed by atoms with van der Waals surface area (Å²) >= 11 is 0. The maximum atomic E-state index is 11.5. The minimum atomic E-state index is -0.116. The van der Waals surface area contributed by atoms with Crippen molar-refractivity contribution >= 4 is 16.9 Å². The second-order valence-corrected chi connectivity index (χ2v) is 6.00. The summed E-state index contributed by atoms with van der Waals surface area (Å²) in [5.74, 6) is 1.32. The topological polar surface area (TPSA) is 109 Å². The van der Waals surface area contributed by atoms with Crippen molar-refractivity contribution in [3.63, 3.8) is 0 Å². The minimum Gasteiger partial charge on any atom is -0.490 e. The maximum Gasteiger partial charge on any atom is 0.271 e. The fourth-order valence-electron chi connectivity index (χ4n) is 3.16. The highest BCUT2D eigenvalue weighted by Gasteiger charge is 2.24. The molecule has 0 spiro atoms. The number of benzene rings is 1. The summed E-state index contributed by atoms with van der Waals surface area (Å²) in [5.41, 5.74) is 0.640. The summed E-state index contributed by atoms with van der Waals surface area (Å²) < 4.78 is 6.11. The molecule has 0 saturated heterocycles. The molecule has 0 aliphatic heterocycles. The molecule has 0 bridgehead atoms. The molecule has 2 heterocycles. The van der Waals surface area contributed by atoms with Gasteiger partial charge in [-0.2, -0.15) is 5.10 Å². The number of hydrogen-bond acceptors (Lipinski definition) is 6. The quantitative estimate of drug-likeness (QED) is 0.675. The third-order valence-corrected chi connectivity index (χ3v) is 4.29. The molecule has 1 aliphatic rings. The summed E-state index contributed by atoms with van der Waals surface area (Å²) in [4.78, 5) is 15.7. The Morgan fingerprint density at radius 1 is 1.21 bits per heavy atom. The van der Waals surface area contributed by atoms with Crippen LogP contribution in [-0.4, -0.2) is 37.5 Å². The van der Waals surface area contributed by atoms with E-state index in [0.29, 0.717) is 11.3 Å². The van der Waals surface area contributed by atoms with E-state index >= 15 is 0 Å². The zero-order chi connectivity index (χ0) is 16.4. The number of rotatable bonds is 4. The van der Waals surface area contributed by atoms with Crippen LogP contribution in [0.1, 0.15) is 25.7 Å². The highest BCUT2D eigenvalue weighted by Crippen LogP contribution is 2.26. The van der Waals surface area contributed by atoms with Gasteiger partial charge in [0.25, 0.3) is 5.56 Å². The second kappa shape index (κ2) is 6.31. The molecule has 0 amide bonds. The number of anilines is 1. The molecule has 8 heteroatoms. The van der Waals surface area contributed by atoms with Gasteiger partial charge in [0.05, 0.1) is 23.3 Å². The summed E-state index contributed by atoms with van der Waals surface area (Å²) in [6.07, 6.45) is 7.32. The Balaban J connectivity index is 1.42. The van der Waals surface area contributed by atoms with Crippen molar-refractivity contribution in [2.45, 2.75) is 37.8 Å². The summed E-state index contributed by atoms with van der Waals surface area (Å²) in [6, 6.07) is 5.74. The molecule has 2 unspecified atom stereocenters. The first-order valence-corrected chi connectivity index (χ1v) is 8.05. The van der Waals surface area contributed by atoms with Crippen molar-refractivity contribution in [3.8, 4) is 5.75 Å². The third kappa shape index (κ3) is 3.08. The Labute approximate surface area is 137 Å². The molecule has 3 N–H and O–H groups in total. The van der Waals surface area contributed by atoms with Gasteiger partial charge in [-0.05, 0) is 31.4 Å². The monoisotopic (exact) mass is 326 g/mol. The molecule has 4 rings (SSSR count). The van der Waals surface area contributed by atoms with Crippen LogP contribution in [0.3, 0.4) is 0 Å².